The Bertz CT molecular complexity index is 451. The lowest BCUT2D eigenvalue weighted by molar-refractivity contribution is -0.122. The van der Waals surface area contributed by atoms with E-state index in [1.165, 1.54) is 0 Å². The molecule has 18 heavy (non-hydrogen) atoms. The second-order valence-corrected chi connectivity index (χ2v) is 3.83. The molecule has 1 atom stereocenters. The van der Waals surface area contributed by atoms with Crippen LogP contribution in [0.1, 0.15) is 24.3 Å². The largest absolute Gasteiger partial charge is 0.370 e. The van der Waals surface area contributed by atoms with Crippen LogP contribution in [-0.4, -0.2) is 18.4 Å². The first-order valence-electron chi connectivity index (χ1n) is 5.65. The number of nitrogens with two attached hydrogens (primary N) is 1. The van der Waals surface area contributed by atoms with Crippen LogP contribution in [0.4, 0.5) is 0 Å². The molecule has 0 aliphatic carbocycles. The molecule has 0 fully saturated rings. The zero-order valence-corrected chi connectivity index (χ0v) is 9.93. The Labute approximate surface area is 106 Å². The Morgan fingerprint density at radius 3 is 2.56 bits per heavy atom. The van der Waals surface area contributed by atoms with Gasteiger partial charge in [0.05, 0.1) is 6.07 Å². The van der Waals surface area contributed by atoms with Crippen LogP contribution in [0.15, 0.2) is 30.3 Å². The molecule has 0 saturated heterocycles. The second-order valence-electron chi connectivity index (χ2n) is 3.83. The van der Waals surface area contributed by atoms with E-state index < -0.39 is 11.8 Å². The molecule has 0 saturated carbocycles. The predicted octanol–water partition coefficient (Wildman–Crippen LogP) is 0.675. The monoisotopic (exact) mass is 245 g/mol. The van der Waals surface area contributed by atoms with E-state index in [2.05, 4.69) is 5.32 Å². The van der Waals surface area contributed by atoms with Crippen LogP contribution in [0, 0.1) is 11.3 Å². The molecule has 0 radical (unpaired) electrons. The lowest BCUT2D eigenvalue weighted by atomic mass is 10.00. The highest BCUT2D eigenvalue weighted by Crippen LogP contribution is 2.14. The maximum Gasteiger partial charge on any atom is 0.241 e. The third kappa shape index (κ3) is 4.26. The normalized spacial score (nSPS) is 11.3. The number of primary amides is 1. The molecule has 2 amide bonds. The van der Waals surface area contributed by atoms with Gasteiger partial charge in [0.2, 0.25) is 11.8 Å². The summed E-state index contributed by atoms with van der Waals surface area (Å²) in [5, 5.41) is 11.6. The number of nitrogens with zero attached hydrogens (tertiary/aromatic N) is 1. The van der Waals surface area contributed by atoms with Gasteiger partial charge in [-0.1, -0.05) is 30.3 Å². The second kappa shape index (κ2) is 7.07. The van der Waals surface area contributed by atoms with Crippen molar-refractivity contribution in [2.45, 2.75) is 18.8 Å². The number of rotatable bonds is 6. The summed E-state index contributed by atoms with van der Waals surface area (Å²) in [4.78, 5) is 22.3. The summed E-state index contributed by atoms with van der Waals surface area (Å²) in [6.45, 7) is 0.340. The number of nitrogens with one attached hydrogen (secondary N) is 1. The molecule has 94 valence electrons. The lowest BCUT2D eigenvalue weighted by Crippen LogP contribution is -2.30. The van der Waals surface area contributed by atoms with Crippen LogP contribution < -0.4 is 11.1 Å². The molecule has 1 unspecified atom stereocenters. The van der Waals surface area contributed by atoms with Crippen LogP contribution in [0.2, 0.25) is 0 Å². The summed E-state index contributed by atoms with van der Waals surface area (Å²) in [6.07, 6.45) is 0.705. The van der Waals surface area contributed by atoms with Gasteiger partial charge in [0.25, 0.3) is 0 Å². The number of nitriles is 1. The van der Waals surface area contributed by atoms with E-state index >= 15 is 0 Å². The van der Waals surface area contributed by atoms with Gasteiger partial charge in [0.15, 0.2) is 0 Å². The number of hydrogen-bond acceptors (Lipinski definition) is 3. The Morgan fingerprint density at radius 2 is 2.00 bits per heavy atom. The van der Waals surface area contributed by atoms with Crippen molar-refractivity contribution < 1.29 is 9.59 Å². The van der Waals surface area contributed by atoms with Gasteiger partial charge in [-0.3, -0.25) is 9.59 Å². The highest BCUT2D eigenvalue weighted by atomic mass is 16.2. The van der Waals surface area contributed by atoms with Crippen LogP contribution in [-0.2, 0) is 9.59 Å². The molecular formula is C13H15N3O2. The number of benzene rings is 1. The summed E-state index contributed by atoms with van der Waals surface area (Å²) < 4.78 is 0. The molecule has 1 rings (SSSR count). The van der Waals surface area contributed by atoms with Crippen LogP contribution >= 0.6 is 0 Å². The van der Waals surface area contributed by atoms with Gasteiger partial charge in [-0.15, -0.1) is 0 Å². The summed E-state index contributed by atoms with van der Waals surface area (Å²) >= 11 is 0. The molecule has 0 aliphatic heterocycles. The number of carbonyl (C=O) groups excluding carboxylic acids is 2. The molecule has 1 aromatic rings. The highest BCUT2D eigenvalue weighted by molar-refractivity contribution is 5.86. The highest BCUT2D eigenvalue weighted by Gasteiger charge is 2.18. The minimum Gasteiger partial charge on any atom is -0.370 e. The molecule has 0 spiro atoms. The van der Waals surface area contributed by atoms with Crippen molar-refractivity contribution in [3.63, 3.8) is 0 Å². The van der Waals surface area contributed by atoms with Gasteiger partial charge in [0, 0.05) is 13.0 Å². The van der Waals surface area contributed by atoms with E-state index in [0.717, 1.165) is 0 Å². The van der Waals surface area contributed by atoms with E-state index in [0.29, 0.717) is 18.5 Å². The van der Waals surface area contributed by atoms with Crippen molar-refractivity contribution in [2.24, 2.45) is 5.73 Å². The molecule has 0 aliphatic rings. The third-order valence-electron chi connectivity index (χ3n) is 2.42. The zero-order chi connectivity index (χ0) is 13.4. The quantitative estimate of drug-likeness (QED) is 0.721. The van der Waals surface area contributed by atoms with Crippen molar-refractivity contribution in [1.29, 1.82) is 5.26 Å². The third-order valence-corrected chi connectivity index (χ3v) is 2.42. The standard InChI is InChI=1S/C13H15N3O2/c14-9-11(10-5-2-1-3-6-10)13(18)16-8-4-7-12(15)17/h1-3,5-6,11H,4,7-8H2,(H2,15,17)(H,16,18). The number of carbonyl (C=O) groups is 2. The summed E-state index contributed by atoms with van der Waals surface area (Å²) in [6, 6.07) is 10.8. The van der Waals surface area contributed by atoms with Crippen molar-refractivity contribution in [3.8, 4) is 6.07 Å². The summed E-state index contributed by atoms with van der Waals surface area (Å²) in [7, 11) is 0. The minimum absolute atomic E-state index is 0.225. The van der Waals surface area contributed by atoms with Crippen LogP contribution in [0.3, 0.4) is 0 Å². The molecule has 3 N–H and O–H groups in total. The maximum absolute atomic E-state index is 11.8. The lowest BCUT2D eigenvalue weighted by Gasteiger charge is -2.09. The van der Waals surface area contributed by atoms with Crippen molar-refractivity contribution in [2.75, 3.05) is 6.54 Å². The van der Waals surface area contributed by atoms with Crippen LogP contribution in [0.25, 0.3) is 0 Å². The van der Waals surface area contributed by atoms with E-state index in [-0.39, 0.29) is 12.3 Å². The fraction of sp³-hybridized carbons (Fsp3) is 0.308. The Kier molecular flexibility index (Phi) is 5.39. The van der Waals surface area contributed by atoms with E-state index in [1.54, 1.807) is 24.3 Å². The summed E-state index contributed by atoms with van der Waals surface area (Å²) in [5.74, 6) is -1.57. The van der Waals surface area contributed by atoms with Gasteiger partial charge in [-0.2, -0.15) is 5.26 Å². The maximum atomic E-state index is 11.8. The molecule has 5 heteroatoms. The molecule has 0 aromatic heterocycles. The van der Waals surface area contributed by atoms with Gasteiger partial charge in [0.1, 0.15) is 5.92 Å². The first-order valence-corrected chi connectivity index (χ1v) is 5.65. The Morgan fingerprint density at radius 1 is 1.33 bits per heavy atom. The minimum atomic E-state index is -0.820. The average molecular weight is 245 g/mol. The predicted molar refractivity (Wildman–Crippen MR) is 66.2 cm³/mol. The van der Waals surface area contributed by atoms with E-state index in [4.69, 9.17) is 11.0 Å². The molecule has 5 nitrogen and oxygen atoms in total. The summed E-state index contributed by atoms with van der Waals surface area (Å²) in [5.41, 5.74) is 5.64. The smallest absolute Gasteiger partial charge is 0.241 e. The van der Waals surface area contributed by atoms with Gasteiger partial charge in [-0.05, 0) is 12.0 Å². The molecule has 0 heterocycles. The van der Waals surface area contributed by atoms with E-state index in [9.17, 15) is 9.59 Å². The fourth-order valence-corrected chi connectivity index (χ4v) is 1.51. The Hall–Kier alpha value is -2.35. The van der Waals surface area contributed by atoms with Gasteiger partial charge >= 0.3 is 0 Å². The average Bonchev–Trinajstić information content (AvgIpc) is 2.36. The molecule has 1 aromatic carbocycles. The van der Waals surface area contributed by atoms with Crippen molar-refractivity contribution in [3.05, 3.63) is 35.9 Å². The van der Waals surface area contributed by atoms with Crippen molar-refractivity contribution >= 4 is 11.8 Å². The van der Waals surface area contributed by atoms with Gasteiger partial charge in [-0.25, -0.2) is 0 Å². The topological polar surface area (TPSA) is 96.0 Å². The van der Waals surface area contributed by atoms with Gasteiger partial charge < -0.3 is 11.1 Å². The fourth-order valence-electron chi connectivity index (χ4n) is 1.51. The number of amides is 2. The van der Waals surface area contributed by atoms with E-state index in [1.807, 2.05) is 12.1 Å². The first-order chi connectivity index (χ1) is 8.65. The SMILES string of the molecule is N#CC(C(=O)NCCCC(N)=O)c1ccccc1. The first kappa shape index (κ1) is 13.7. The Balaban J connectivity index is 2.49. The molecular weight excluding hydrogens is 230 g/mol. The van der Waals surface area contributed by atoms with Crippen LogP contribution in [0.5, 0.6) is 0 Å². The zero-order valence-electron chi connectivity index (χ0n) is 9.93. The van der Waals surface area contributed by atoms with Crippen molar-refractivity contribution in [1.82, 2.24) is 5.32 Å². The molecule has 0 bridgehead atoms. The number of hydrogen-bond donors (Lipinski definition) is 2.